The topological polar surface area (TPSA) is 101 Å². The number of amides is 1. The molecule has 118 valence electrons. The first-order valence-electron chi connectivity index (χ1n) is 7.07. The number of benzene rings is 1. The Hall–Kier alpha value is -2.96. The highest BCUT2D eigenvalue weighted by Crippen LogP contribution is 2.34. The number of carbonyl (C=O) groups excluding carboxylic acids is 2. The van der Waals surface area contributed by atoms with Crippen molar-refractivity contribution >= 4 is 17.4 Å². The molecule has 0 atom stereocenters. The van der Waals surface area contributed by atoms with Gasteiger partial charge in [-0.15, -0.1) is 0 Å². The number of nitrogens with one attached hydrogen (secondary N) is 2. The number of Topliss-reactive ketones (excluding diaryl/α,β-unsaturated/α-hetero) is 1. The van der Waals surface area contributed by atoms with Gasteiger partial charge in [-0.05, 0) is 38.1 Å². The number of anilines is 1. The quantitative estimate of drug-likeness (QED) is 0.880. The molecule has 7 heteroatoms. The fourth-order valence-electron chi connectivity index (χ4n) is 2.40. The van der Waals surface area contributed by atoms with Crippen LogP contribution in [0.2, 0.25) is 0 Å². The van der Waals surface area contributed by atoms with E-state index in [-0.39, 0.29) is 23.5 Å². The SMILES string of the molecule is CC1(C)CC(=O)c2cc(NC(=O)c3ccc(=O)[nH]n3)ccc2O1. The summed E-state index contributed by atoms with van der Waals surface area (Å²) in [4.78, 5) is 35.2. The van der Waals surface area contributed by atoms with Gasteiger partial charge in [-0.2, -0.15) is 5.10 Å². The van der Waals surface area contributed by atoms with Crippen LogP contribution in [0.25, 0.3) is 0 Å². The molecule has 0 saturated carbocycles. The lowest BCUT2D eigenvalue weighted by molar-refractivity contribution is 0.0620. The smallest absolute Gasteiger partial charge is 0.276 e. The van der Waals surface area contributed by atoms with E-state index in [0.29, 0.717) is 17.0 Å². The van der Waals surface area contributed by atoms with Crippen molar-refractivity contribution in [3.63, 3.8) is 0 Å². The van der Waals surface area contributed by atoms with Crippen LogP contribution in [-0.4, -0.2) is 27.5 Å². The summed E-state index contributed by atoms with van der Waals surface area (Å²) >= 11 is 0. The fourth-order valence-corrected chi connectivity index (χ4v) is 2.40. The number of rotatable bonds is 2. The molecule has 1 aliphatic rings. The fraction of sp³-hybridized carbons (Fsp3) is 0.250. The summed E-state index contributed by atoms with van der Waals surface area (Å²) in [6.07, 6.45) is 0.277. The van der Waals surface area contributed by atoms with Crippen LogP contribution in [0.5, 0.6) is 5.75 Å². The van der Waals surface area contributed by atoms with E-state index in [1.807, 2.05) is 13.8 Å². The molecule has 0 fully saturated rings. The van der Waals surface area contributed by atoms with Gasteiger partial charge in [0.2, 0.25) is 0 Å². The molecule has 0 saturated heterocycles. The van der Waals surface area contributed by atoms with Crippen LogP contribution in [0.4, 0.5) is 5.69 Å². The molecule has 0 bridgehead atoms. The van der Waals surface area contributed by atoms with Gasteiger partial charge in [0.1, 0.15) is 17.0 Å². The van der Waals surface area contributed by atoms with Gasteiger partial charge in [-0.3, -0.25) is 14.4 Å². The van der Waals surface area contributed by atoms with E-state index in [4.69, 9.17) is 4.74 Å². The van der Waals surface area contributed by atoms with Gasteiger partial charge in [0.15, 0.2) is 5.78 Å². The highest BCUT2D eigenvalue weighted by Gasteiger charge is 2.32. The van der Waals surface area contributed by atoms with Crippen molar-refractivity contribution < 1.29 is 14.3 Å². The molecule has 0 spiro atoms. The summed E-state index contributed by atoms with van der Waals surface area (Å²) in [6.45, 7) is 3.71. The summed E-state index contributed by atoms with van der Waals surface area (Å²) in [5.74, 6) is -0.00774. The number of ether oxygens (including phenoxy) is 1. The maximum absolute atomic E-state index is 12.2. The normalized spacial score (nSPS) is 15.5. The average Bonchev–Trinajstić information content (AvgIpc) is 2.47. The highest BCUT2D eigenvalue weighted by atomic mass is 16.5. The van der Waals surface area contributed by atoms with Crippen LogP contribution >= 0.6 is 0 Å². The van der Waals surface area contributed by atoms with Crippen LogP contribution in [0, 0.1) is 0 Å². The van der Waals surface area contributed by atoms with Crippen molar-refractivity contribution in [2.24, 2.45) is 0 Å². The Kier molecular flexibility index (Phi) is 3.48. The molecule has 0 radical (unpaired) electrons. The van der Waals surface area contributed by atoms with Gasteiger partial charge in [0.05, 0.1) is 12.0 Å². The Bertz CT molecular complexity index is 834. The van der Waals surface area contributed by atoms with Gasteiger partial charge in [-0.25, -0.2) is 5.10 Å². The third-order valence-corrected chi connectivity index (χ3v) is 3.42. The van der Waals surface area contributed by atoms with Crippen molar-refractivity contribution in [2.75, 3.05) is 5.32 Å². The van der Waals surface area contributed by atoms with Crippen LogP contribution in [0.3, 0.4) is 0 Å². The highest BCUT2D eigenvalue weighted by molar-refractivity contribution is 6.05. The number of hydrogen-bond acceptors (Lipinski definition) is 5. The number of hydrogen-bond donors (Lipinski definition) is 2. The number of nitrogens with zero attached hydrogens (tertiary/aromatic N) is 1. The summed E-state index contributed by atoms with van der Waals surface area (Å²) in [5, 5.41) is 8.48. The van der Waals surface area contributed by atoms with E-state index in [0.717, 1.165) is 0 Å². The summed E-state index contributed by atoms with van der Waals surface area (Å²) in [5.41, 5.74) is 0.0518. The lowest BCUT2D eigenvalue weighted by Crippen LogP contribution is -2.35. The predicted molar refractivity (Wildman–Crippen MR) is 82.9 cm³/mol. The number of ketones is 1. The molecule has 23 heavy (non-hydrogen) atoms. The second-order valence-corrected chi connectivity index (χ2v) is 5.93. The molecule has 1 aliphatic heterocycles. The Balaban J connectivity index is 1.84. The van der Waals surface area contributed by atoms with Crippen LogP contribution in [-0.2, 0) is 0 Å². The van der Waals surface area contributed by atoms with Crippen molar-refractivity contribution in [1.82, 2.24) is 10.2 Å². The van der Waals surface area contributed by atoms with Gasteiger partial charge < -0.3 is 10.1 Å². The number of carbonyl (C=O) groups is 2. The number of aromatic nitrogens is 2. The van der Waals surface area contributed by atoms with Crippen LogP contribution in [0.1, 0.15) is 41.1 Å². The number of fused-ring (bicyclic) bond motifs is 1. The number of aromatic amines is 1. The van der Waals surface area contributed by atoms with E-state index in [2.05, 4.69) is 15.5 Å². The predicted octanol–water partition coefficient (Wildman–Crippen LogP) is 1.77. The van der Waals surface area contributed by atoms with E-state index in [1.54, 1.807) is 18.2 Å². The third kappa shape index (κ3) is 3.13. The molecule has 1 aromatic carbocycles. The van der Waals surface area contributed by atoms with Crippen molar-refractivity contribution in [3.8, 4) is 5.75 Å². The van der Waals surface area contributed by atoms with Gasteiger partial charge in [0.25, 0.3) is 11.5 Å². The monoisotopic (exact) mass is 313 g/mol. The lowest BCUT2D eigenvalue weighted by Gasteiger charge is -2.31. The minimum atomic E-state index is -0.533. The first-order chi connectivity index (χ1) is 10.8. The number of H-pyrrole nitrogens is 1. The molecule has 2 aromatic rings. The Morgan fingerprint density at radius 2 is 2.04 bits per heavy atom. The second-order valence-electron chi connectivity index (χ2n) is 5.93. The van der Waals surface area contributed by atoms with Crippen molar-refractivity contribution in [1.29, 1.82) is 0 Å². The second kappa shape index (κ2) is 5.35. The van der Waals surface area contributed by atoms with Gasteiger partial charge >= 0.3 is 0 Å². The summed E-state index contributed by atoms with van der Waals surface area (Å²) < 4.78 is 5.76. The lowest BCUT2D eigenvalue weighted by atomic mass is 9.93. The summed E-state index contributed by atoms with van der Waals surface area (Å²) in [6, 6.07) is 7.43. The average molecular weight is 313 g/mol. The Morgan fingerprint density at radius 1 is 1.26 bits per heavy atom. The molecule has 7 nitrogen and oxygen atoms in total. The van der Waals surface area contributed by atoms with E-state index in [9.17, 15) is 14.4 Å². The van der Waals surface area contributed by atoms with Crippen molar-refractivity contribution in [3.05, 3.63) is 51.9 Å². The van der Waals surface area contributed by atoms with E-state index < -0.39 is 11.5 Å². The molecule has 0 unspecified atom stereocenters. The molecule has 2 N–H and O–H groups in total. The van der Waals surface area contributed by atoms with Crippen molar-refractivity contribution in [2.45, 2.75) is 25.9 Å². The Morgan fingerprint density at radius 3 is 2.74 bits per heavy atom. The third-order valence-electron chi connectivity index (χ3n) is 3.42. The maximum atomic E-state index is 12.2. The minimum Gasteiger partial charge on any atom is -0.487 e. The molecular weight excluding hydrogens is 298 g/mol. The Labute approximate surface area is 131 Å². The molecule has 1 amide bonds. The molecule has 1 aromatic heterocycles. The van der Waals surface area contributed by atoms with Gasteiger partial charge in [-0.1, -0.05) is 0 Å². The standard InChI is InChI=1S/C16H15N3O4/c1-16(2)8-12(20)10-7-9(3-5-13(10)23-16)17-15(22)11-4-6-14(21)19-18-11/h3-7H,8H2,1-2H3,(H,17,22)(H,19,21). The summed E-state index contributed by atoms with van der Waals surface area (Å²) in [7, 11) is 0. The van der Waals surface area contributed by atoms with Gasteiger partial charge in [0, 0.05) is 11.8 Å². The van der Waals surface area contributed by atoms with E-state index in [1.165, 1.54) is 12.1 Å². The first-order valence-corrected chi connectivity index (χ1v) is 7.07. The van der Waals surface area contributed by atoms with Crippen LogP contribution in [0.15, 0.2) is 35.1 Å². The van der Waals surface area contributed by atoms with E-state index >= 15 is 0 Å². The molecule has 0 aliphatic carbocycles. The zero-order valence-electron chi connectivity index (χ0n) is 12.7. The largest absolute Gasteiger partial charge is 0.487 e. The zero-order valence-corrected chi connectivity index (χ0v) is 12.7. The minimum absolute atomic E-state index is 0.0329. The van der Waals surface area contributed by atoms with Crippen LogP contribution < -0.4 is 15.6 Å². The molecule has 2 heterocycles. The maximum Gasteiger partial charge on any atom is 0.276 e. The first kappa shape index (κ1) is 15.0. The zero-order chi connectivity index (χ0) is 16.6. The molecular formula is C16H15N3O4. The molecule has 3 rings (SSSR count).